The van der Waals surface area contributed by atoms with Crippen LogP contribution < -0.4 is 15.4 Å². The number of hydrogen-bond acceptors (Lipinski definition) is 3. The van der Waals surface area contributed by atoms with Crippen molar-refractivity contribution in [2.45, 2.75) is 33.7 Å². The van der Waals surface area contributed by atoms with E-state index in [1.165, 1.54) is 10.4 Å². The highest BCUT2D eigenvalue weighted by molar-refractivity contribution is 7.14. The Balaban J connectivity index is 1.81. The summed E-state index contributed by atoms with van der Waals surface area (Å²) >= 11 is 1.74. The fourth-order valence-electron chi connectivity index (χ4n) is 3.14. The summed E-state index contributed by atoms with van der Waals surface area (Å²) in [5, 5.41) is 7.10. The second kappa shape index (κ2) is 7.88. The zero-order valence-corrected chi connectivity index (χ0v) is 17.1. The minimum atomic E-state index is -0.256. The first kappa shape index (κ1) is 19.0. The SMILES string of the molecule is COc1ccc(C)cc1NC(=O)N[C@@H](C)c1c(-n2cccc2)sc(C)c1C. The fourth-order valence-corrected chi connectivity index (χ4v) is 4.36. The molecule has 3 rings (SSSR count). The number of nitrogens with zero attached hydrogens (tertiary/aromatic N) is 1. The van der Waals surface area contributed by atoms with Crippen LogP contribution in [0.25, 0.3) is 5.00 Å². The number of nitrogens with one attached hydrogen (secondary N) is 2. The third-order valence-corrected chi connectivity index (χ3v) is 5.87. The van der Waals surface area contributed by atoms with Crippen LogP contribution in [0, 0.1) is 20.8 Å². The van der Waals surface area contributed by atoms with Crippen LogP contribution in [-0.2, 0) is 0 Å². The van der Waals surface area contributed by atoms with E-state index in [0.29, 0.717) is 11.4 Å². The maximum Gasteiger partial charge on any atom is 0.319 e. The van der Waals surface area contributed by atoms with E-state index in [2.05, 4.69) is 29.0 Å². The Morgan fingerprint density at radius 2 is 1.89 bits per heavy atom. The van der Waals surface area contributed by atoms with E-state index in [-0.39, 0.29) is 12.1 Å². The molecule has 0 fully saturated rings. The largest absolute Gasteiger partial charge is 0.495 e. The van der Waals surface area contributed by atoms with Gasteiger partial charge in [0.2, 0.25) is 0 Å². The molecule has 0 radical (unpaired) electrons. The zero-order chi connectivity index (χ0) is 19.6. The van der Waals surface area contributed by atoms with Crippen molar-refractivity contribution < 1.29 is 9.53 Å². The predicted octanol–water partition coefficient (Wildman–Crippen LogP) is 5.36. The van der Waals surface area contributed by atoms with E-state index < -0.39 is 0 Å². The smallest absolute Gasteiger partial charge is 0.319 e. The molecule has 2 amide bonds. The summed E-state index contributed by atoms with van der Waals surface area (Å²) in [7, 11) is 1.59. The molecule has 2 aromatic heterocycles. The van der Waals surface area contributed by atoms with Gasteiger partial charge in [0.25, 0.3) is 0 Å². The van der Waals surface area contributed by atoms with E-state index >= 15 is 0 Å². The van der Waals surface area contributed by atoms with Crippen LogP contribution in [0.3, 0.4) is 0 Å². The van der Waals surface area contributed by atoms with Gasteiger partial charge in [-0.2, -0.15) is 0 Å². The van der Waals surface area contributed by atoms with Crippen molar-refractivity contribution in [3.05, 3.63) is 64.3 Å². The molecule has 2 heterocycles. The van der Waals surface area contributed by atoms with Crippen LogP contribution in [0.1, 0.15) is 34.5 Å². The van der Waals surface area contributed by atoms with E-state index in [1.54, 1.807) is 18.4 Å². The number of carbonyl (C=O) groups is 1. The average Bonchev–Trinajstić information content (AvgIpc) is 3.24. The lowest BCUT2D eigenvalue weighted by atomic mass is 10.1. The molecule has 0 aliphatic carbocycles. The molecule has 142 valence electrons. The highest BCUT2D eigenvalue weighted by Crippen LogP contribution is 2.35. The number of benzene rings is 1. The molecule has 1 aromatic carbocycles. The maximum atomic E-state index is 12.6. The third-order valence-electron chi connectivity index (χ3n) is 4.64. The molecule has 3 aromatic rings. The van der Waals surface area contributed by atoms with Gasteiger partial charge in [-0.05, 0) is 63.1 Å². The van der Waals surface area contributed by atoms with Gasteiger partial charge < -0.3 is 19.9 Å². The first-order valence-corrected chi connectivity index (χ1v) is 9.67. The summed E-state index contributed by atoms with van der Waals surface area (Å²) in [6.45, 7) is 8.20. The second-order valence-electron chi connectivity index (χ2n) is 6.62. The van der Waals surface area contributed by atoms with E-state index in [4.69, 9.17) is 4.74 Å². The molecule has 1 atom stereocenters. The molecule has 0 spiro atoms. The number of aryl methyl sites for hydroxylation is 2. The molecule has 0 unspecified atom stereocenters. The van der Waals surface area contributed by atoms with Crippen molar-refractivity contribution in [3.8, 4) is 10.8 Å². The number of hydrogen-bond donors (Lipinski definition) is 2. The lowest BCUT2D eigenvalue weighted by molar-refractivity contribution is 0.249. The van der Waals surface area contributed by atoms with Gasteiger partial charge in [-0.3, -0.25) is 0 Å². The van der Waals surface area contributed by atoms with Crippen molar-refractivity contribution >= 4 is 23.1 Å². The summed E-state index contributed by atoms with van der Waals surface area (Å²) in [6.07, 6.45) is 4.05. The molecule has 0 saturated heterocycles. The Morgan fingerprint density at radius 3 is 2.56 bits per heavy atom. The molecule has 2 N–H and O–H groups in total. The summed E-state index contributed by atoms with van der Waals surface area (Å²) in [4.78, 5) is 13.9. The number of rotatable bonds is 5. The standard InChI is InChI=1S/C21H25N3O2S/c1-13-8-9-18(26-5)17(12-13)23-21(25)22-15(3)19-14(2)16(4)27-20(19)24-10-6-7-11-24/h6-12,15H,1-5H3,(H2,22,23,25)/t15-/m0/s1. The molecule has 0 aliphatic rings. The maximum absolute atomic E-state index is 12.6. The lowest BCUT2D eigenvalue weighted by Crippen LogP contribution is -2.31. The molecular weight excluding hydrogens is 358 g/mol. The van der Waals surface area contributed by atoms with Crippen molar-refractivity contribution in [1.82, 2.24) is 9.88 Å². The monoisotopic (exact) mass is 383 g/mol. The summed E-state index contributed by atoms with van der Waals surface area (Å²) in [5.74, 6) is 0.638. The molecule has 6 heteroatoms. The van der Waals surface area contributed by atoms with E-state index in [9.17, 15) is 4.79 Å². The number of carbonyl (C=O) groups excluding carboxylic acids is 1. The molecule has 0 aliphatic heterocycles. The third kappa shape index (κ3) is 4.01. The molecule has 0 bridgehead atoms. The Bertz CT molecular complexity index is 945. The number of thiophene rings is 1. The number of urea groups is 1. The van der Waals surface area contributed by atoms with Gasteiger partial charge in [-0.1, -0.05) is 6.07 Å². The lowest BCUT2D eigenvalue weighted by Gasteiger charge is -2.18. The molecular formula is C21H25N3O2S. The summed E-state index contributed by atoms with van der Waals surface area (Å²) < 4.78 is 7.43. The first-order valence-electron chi connectivity index (χ1n) is 8.86. The number of ether oxygens (including phenoxy) is 1. The van der Waals surface area contributed by atoms with Crippen LogP contribution in [-0.4, -0.2) is 17.7 Å². The van der Waals surface area contributed by atoms with Gasteiger partial charge in [0.15, 0.2) is 0 Å². The molecule has 5 nitrogen and oxygen atoms in total. The van der Waals surface area contributed by atoms with Gasteiger partial charge >= 0.3 is 6.03 Å². The Labute approximate surface area is 164 Å². The van der Waals surface area contributed by atoms with E-state index in [0.717, 1.165) is 16.1 Å². The average molecular weight is 384 g/mol. The van der Waals surface area contributed by atoms with Crippen molar-refractivity contribution in [3.63, 3.8) is 0 Å². The van der Waals surface area contributed by atoms with Gasteiger partial charge in [-0.15, -0.1) is 11.3 Å². The Morgan fingerprint density at radius 1 is 1.19 bits per heavy atom. The molecule has 0 saturated carbocycles. The second-order valence-corrected chi connectivity index (χ2v) is 7.82. The number of aromatic nitrogens is 1. The number of amides is 2. The van der Waals surface area contributed by atoms with Gasteiger partial charge in [0, 0.05) is 22.8 Å². The number of methoxy groups -OCH3 is 1. The highest BCUT2D eigenvalue weighted by atomic mass is 32.1. The predicted molar refractivity (Wildman–Crippen MR) is 111 cm³/mol. The van der Waals surface area contributed by atoms with Crippen LogP contribution in [0.4, 0.5) is 10.5 Å². The Hall–Kier alpha value is -2.73. The minimum absolute atomic E-state index is 0.136. The van der Waals surface area contributed by atoms with Crippen LogP contribution in [0.15, 0.2) is 42.7 Å². The van der Waals surface area contributed by atoms with Gasteiger partial charge in [-0.25, -0.2) is 4.79 Å². The molecule has 27 heavy (non-hydrogen) atoms. The van der Waals surface area contributed by atoms with E-state index in [1.807, 2.05) is 56.6 Å². The first-order chi connectivity index (χ1) is 12.9. The fraction of sp³-hybridized carbons (Fsp3) is 0.286. The van der Waals surface area contributed by atoms with Crippen LogP contribution in [0.5, 0.6) is 5.75 Å². The zero-order valence-electron chi connectivity index (χ0n) is 16.3. The minimum Gasteiger partial charge on any atom is -0.495 e. The van der Waals surface area contributed by atoms with Crippen LogP contribution in [0.2, 0.25) is 0 Å². The quantitative estimate of drug-likeness (QED) is 0.623. The van der Waals surface area contributed by atoms with Crippen molar-refractivity contribution in [2.24, 2.45) is 0 Å². The van der Waals surface area contributed by atoms with Crippen molar-refractivity contribution in [2.75, 3.05) is 12.4 Å². The highest BCUT2D eigenvalue weighted by Gasteiger charge is 2.21. The van der Waals surface area contributed by atoms with Gasteiger partial charge in [0.05, 0.1) is 18.8 Å². The van der Waals surface area contributed by atoms with Crippen LogP contribution >= 0.6 is 11.3 Å². The number of anilines is 1. The van der Waals surface area contributed by atoms with Crippen molar-refractivity contribution in [1.29, 1.82) is 0 Å². The summed E-state index contributed by atoms with van der Waals surface area (Å²) in [6, 6.07) is 9.31. The normalized spacial score (nSPS) is 11.9. The summed E-state index contributed by atoms with van der Waals surface area (Å²) in [5.41, 5.74) is 4.06. The Kier molecular flexibility index (Phi) is 5.56. The van der Waals surface area contributed by atoms with Gasteiger partial charge in [0.1, 0.15) is 10.8 Å². The topological polar surface area (TPSA) is 55.3 Å².